The van der Waals surface area contributed by atoms with E-state index >= 15 is 0 Å². The van der Waals surface area contributed by atoms with E-state index in [2.05, 4.69) is 37.9 Å². The van der Waals surface area contributed by atoms with Gasteiger partial charge in [-0.25, -0.2) is 14.6 Å². The fourth-order valence-corrected chi connectivity index (χ4v) is 4.29. The van der Waals surface area contributed by atoms with Crippen molar-refractivity contribution in [3.05, 3.63) is 70.8 Å². The maximum Gasteiger partial charge on any atom is 0.251 e. The Kier molecular flexibility index (Phi) is 6.86. The second-order valence-corrected chi connectivity index (χ2v) is 8.80. The lowest BCUT2D eigenvalue weighted by Gasteiger charge is -2.14. The number of amides is 2. The molecule has 4 rings (SSSR count). The number of hydrogen-bond donors (Lipinski definition) is 2. The maximum absolute atomic E-state index is 13.0. The first-order chi connectivity index (χ1) is 16.3. The fraction of sp³-hybridized carbons (Fsp3) is 0.346. The molecular weight excluding hydrogens is 428 g/mol. The third-order valence-electron chi connectivity index (χ3n) is 5.97. The summed E-state index contributed by atoms with van der Waals surface area (Å²) in [6.45, 7) is 7.62. The molecule has 176 valence electrons. The molecule has 1 atom stereocenters. The summed E-state index contributed by atoms with van der Waals surface area (Å²) < 4.78 is 1.68. The molecule has 2 aromatic heterocycles. The van der Waals surface area contributed by atoms with Gasteiger partial charge in [-0.3, -0.25) is 9.59 Å². The largest absolute Gasteiger partial charge is 0.324 e. The monoisotopic (exact) mass is 458 g/mol. The van der Waals surface area contributed by atoms with Crippen molar-refractivity contribution in [2.75, 3.05) is 10.6 Å². The van der Waals surface area contributed by atoms with Crippen molar-refractivity contribution in [3.63, 3.8) is 0 Å². The Balaban J connectivity index is 1.47. The van der Waals surface area contributed by atoms with Gasteiger partial charge in [0.2, 0.25) is 11.8 Å². The number of nitrogens with zero attached hydrogens (tertiary/aromatic N) is 4. The zero-order valence-electron chi connectivity index (χ0n) is 20.1. The molecule has 1 aliphatic carbocycles. The number of carbonyl (C=O) groups is 2. The van der Waals surface area contributed by atoms with E-state index in [9.17, 15) is 9.59 Å². The van der Waals surface area contributed by atoms with Gasteiger partial charge in [0.1, 0.15) is 0 Å². The minimum absolute atomic E-state index is 0.0559. The normalized spacial score (nSPS) is 14.9. The number of hydrogen-bond acceptors (Lipinski definition) is 5. The van der Waals surface area contributed by atoms with E-state index in [1.807, 2.05) is 45.9 Å². The zero-order chi connectivity index (χ0) is 24.2. The molecule has 8 heteroatoms. The second-order valence-electron chi connectivity index (χ2n) is 8.80. The van der Waals surface area contributed by atoms with Crippen molar-refractivity contribution in [3.8, 4) is 5.95 Å². The highest BCUT2D eigenvalue weighted by atomic mass is 16.2. The van der Waals surface area contributed by atoms with Gasteiger partial charge in [-0.15, -0.1) is 0 Å². The van der Waals surface area contributed by atoms with Crippen LogP contribution >= 0.6 is 0 Å². The van der Waals surface area contributed by atoms with E-state index in [0.717, 1.165) is 41.2 Å². The molecular formula is C26H30N6O2. The van der Waals surface area contributed by atoms with Crippen molar-refractivity contribution in [1.82, 2.24) is 19.7 Å². The fourth-order valence-electron chi connectivity index (χ4n) is 4.29. The van der Waals surface area contributed by atoms with Gasteiger partial charge < -0.3 is 10.6 Å². The predicted molar refractivity (Wildman–Crippen MR) is 132 cm³/mol. The summed E-state index contributed by atoms with van der Waals surface area (Å²) in [6, 6.07) is 9.16. The Labute approximate surface area is 199 Å². The lowest BCUT2D eigenvalue weighted by molar-refractivity contribution is -0.117. The number of nitrogens with one attached hydrogen (secondary N) is 2. The molecule has 0 bridgehead atoms. The Morgan fingerprint density at radius 3 is 2.26 bits per heavy atom. The van der Waals surface area contributed by atoms with Crippen molar-refractivity contribution in [2.24, 2.45) is 5.92 Å². The van der Waals surface area contributed by atoms with Crippen molar-refractivity contribution >= 4 is 23.2 Å². The van der Waals surface area contributed by atoms with Gasteiger partial charge in [-0.2, -0.15) is 5.10 Å². The summed E-state index contributed by atoms with van der Waals surface area (Å²) >= 11 is 0. The molecule has 0 aliphatic heterocycles. The molecule has 34 heavy (non-hydrogen) atoms. The highest BCUT2D eigenvalue weighted by molar-refractivity contribution is 6.00. The molecule has 0 radical (unpaired) electrons. The van der Waals surface area contributed by atoms with E-state index in [-0.39, 0.29) is 24.2 Å². The van der Waals surface area contributed by atoms with Gasteiger partial charge in [0.15, 0.2) is 0 Å². The number of anilines is 2. The Morgan fingerprint density at radius 2 is 1.65 bits per heavy atom. The molecule has 0 saturated heterocycles. The minimum Gasteiger partial charge on any atom is -0.324 e. The van der Waals surface area contributed by atoms with Crippen LogP contribution in [0, 0.1) is 33.6 Å². The molecule has 0 saturated carbocycles. The molecule has 1 aliphatic rings. The number of aryl methyl sites for hydroxylation is 3. The van der Waals surface area contributed by atoms with Gasteiger partial charge in [0, 0.05) is 29.1 Å². The average molecular weight is 459 g/mol. The molecule has 1 unspecified atom stereocenters. The quantitative estimate of drug-likeness (QED) is 0.512. The molecule has 0 spiro atoms. The number of rotatable bonds is 7. The summed E-state index contributed by atoms with van der Waals surface area (Å²) in [6.07, 6.45) is 6.83. The van der Waals surface area contributed by atoms with E-state index in [1.165, 1.54) is 0 Å². The van der Waals surface area contributed by atoms with Crippen LogP contribution in [0.15, 0.2) is 42.5 Å². The first-order valence-corrected chi connectivity index (χ1v) is 11.5. The van der Waals surface area contributed by atoms with Gasteiger partial charge in [-0.1, -0.05) is 24.3 Å². The lowest BCUT2D eigenvalue weighted by atomic mass is 10.0. The first-order valence-electron chi connectivity index (χ1n) is 11.5. The number of para-hydroxylation sites is 2. The summed E-state index contributed by atoms with van der Waals surface area (Å²) in [4.78, 5) is 34.4. The minimum atomic E-state index is -0.187. The van der Waals surface area contributed by atoms with Gasteiger partial charge >= 0.3 is 0 Å². The first kappa shape index (κ1) is 23.4. The molecule has 2 N–H and O–H groups in total. The van der Waals surface area contributed by atoms with Crippen molar-refractivity contribution in [1.29, 1.82) is 0 Å². The number of carbonyl (C=O) groups excluding carboxylic acids is 2. The van der Waals surface area contributed by atoms with Gasteiger partial charge in [0.25, 0.3) is 5.95 Å². The van der Waals surface area contributed by atoms with Crippen LogP contribution in [0.3, 0.4) is 0 Å². The highest BCUT2D eigenvalue weighted by Gasteiger charge is 2.19. The second kappa shape index (κ2) is 9.99. The van der Waals surface area contributed by atoms with Crippen LogP contribution in [0.5, 0.6) is 0 Å². The third kappa shape index (κ3) is 5.39. The van der Waals surface area contributed by atoms with E-state index < -0.39 is 0 Å². The summed E-state index contributed by atoms with van der Waals surface area (Å²) in [5, 5.41) is 10.5. The predicted octanol–water partition coefficient (Wildman–Crippen LogP) is 4.37. The number of allylic oxidation sites excluding steroid dienone is 2. The zero-order valence-corrected chi connectivity index (χ0v) is 20.1. The van der Waals surface area contributed by atoms with E-state index in [4.69, 9.17) is 0 Å². The Bertz CT molecular complexity index is 1240. The van der Waals surface area contributed by atoms with Crippen LogP contribution in [0.4, 0.5) is 11.4 Å². The van der Waals surface area contributed by atoms with Gasteiger partial charge in [0.05, 0.1) is 23.5 Å². The standard InChI is InChI=1S/C26H30N6O2/c1-16-13-17(2)28-26(27-16)32-19(4)21(18(3)31-32)15-25(34)30-23-12-8-7-11-22(23)29-24(33)14-20-9-5-6-10-20/h5,7-9,11-13,20H,6,10,14-15H2,1-4H3,(H,29,33)(H,30,34). The SMILES string of the molecule is Cc1cc(C)nc(-n2nc(C)c(CC(=O)Nc3ccccc3NC(=O)CC3C=CCC3)c2C)n1. The lowest BCUT2D eigenvalue weighted by Crippen LogP contribution is -2.19. The summed E-state index contributed by atoms with van der Waals surface area (Å²) in [5.41, 5.74) is 5.29. The topological polar surface area (TPSA) is 102 Å². The molecule has 2 amide bonds. The third-order valence-corrected chi connectivity index (χ3v) is 5.97. The van der Waals surface area contributed by atoms with Gasteiger partial charge in [-0.05, 0) is 64.7 Å². The van der Waals surface area contributed by atoms with Crippen molar-refractivity contribution < 1.29 is 9.59 Å². The molecule has 2 heterocycles. The van der Waals surface area contributed by atoms with Crippen LogP contribution < -0.4 is 10.6 Å². The molecule has 0 fully saturated rings. The molecule has 8 nitrogen and oxygen atoms in total. The Hall–Kier alpha value is -3.81. The number of aromatic nitrogens is 4. The van der Waals surface area contributed by atoms with Crippen LogP contribution in [0.1, 0.15) is 47.6 Å². The van der Waals surface area contributed by atoms with Crippen LogP contribution in [-0.2, 0) is 16.0 Å². The summed E-state index contributed by atoms with van der Waals surface area (Å²) in [7, 11) is 0. The van der Waals surface area contributed by atoms with E-state index in [1.54, 1.807) is 16.8 Å². The highest BCUT2D eigenvalue weighted by Crippen LogP contribution is 2.25. The van der Waals surface area contributed by atoms with Crippen LogP contribution in [-0.4, -0.2) is 31.6 Å². The van der Waals surface area contributed by atoms with Crippen LogP contribution in [0.25, 0.3) is 5.95 Å². The Morgan fingerprint density at radius 1 is 1.00 bits per heavy atom. The molecule has 3 aromatic rings. The average Bonchev–Trinajstić information content (AvgIpc) is 3.38. The smallest absolute Gasteiger partial charge is 0.251 e. The number of benzene rings is 1. The molecule has 1 aromatic carbocycles. The van der Waals surface area contributed by atoms with Crippen molar-refractivity contribution in [2.45, 2.75) is 53.4 Å². The summed E-state index contributed by atoms with van der Waals surface area (Å²) in [5.74, 6) is 0.535. The maximum atomic E-state index is 13.0. The van der Waals surface area contributed by atoms with Crippen LogP contribution in [0.2, 0.25) is 0 Å². The van der Waals surface area contributed by atoms with E-state index in [0.29, 0.717) is 23.7 Å².